The van der Waals surface area contributed by atoms with E-state index in [4.69, 9.17) is 21.9 Å². The third-order valence-corrected chi connectivity index (χ3v) is 2.40. The van der Waals surface area contributed by atoms with Gasteiger partial charge in [-0.2, -0.15) is 4.98 Å². The molecule has 4 nitrogen and oxygen atoms in total. The first-order chi connectivity index (χ1) is 7.65. The number of aromatic nitrogens is 2. The van der Waals surface area contributed by atoms with E-state index in [0.717, 1.165) is 5.56 Å². The molecule has 16 heavy (non-hydrogen) atoms. The van der Waals surface area contributed by atoms with Crippen LogP contribution in [0.15, 0.2) is 28.8 Å². The molecule has 0 aliphatic heterocycles. The minimum Gasteiger partial charge on any atom is -0.338 e. The Morgan fingerprint density at radius 1 is 1.38 bits per heavy atom. The fourth-order valence-corrected chi connectivity index (χ4v) is 1.44. The highest BCUT2D eigenvalue weighted by molar-refractivity contribution is 6.30. The van der Waals surface area contributed by atoms with Crippen molar-refractivity contribution in [1.29, 1.82) is 0 Å². The first-order valence-corrected chi connectivity index (χ1v) is 5.35. The van der Waals surface area contributed by atoms with Crippen molar-refractivity contribution in [3.8, 4) is 0 Å². The van der Waals surface area contributed by atoms with E-state index in [2.05, 4.69) is 10.1 Å². The van der Waals surface area contributed by atoms with E-state index in [9.17, 15) is 0 Å². The Morgan fingerprint density at radius 2 is 2.06 bits per heavy atom. The van der Waals surface area contributed by atoms with Gasteiger partial charge in [-0.05, 0) is 24.6 Å². The van der Waals surface area contributed by atoms with Crippen LogP contribution in [0.2, 0.25) is 5.02 Å². The summed E-state index contributed by atoms with van der Waals surface area (Å²) in [4.78, 5) is 4.19. The van der Waals surface area contributed by atoms with E-state index >= 15 is 0 Å². The van der Waals surface area contributed by atoms with E-state index in [-0.39, 0.29) is 6.04 Å². The molecule has 0 saturated carbocycles. The first-order valence-electron chi connectivity index (χ1n) is 4.97. The highest BCUT2D eigenvalue weighted by atomic mass is 35.5. The molecule has 0 saturated heterocycles. The van der Waals surface area contributed by atoms with Gasteiger partial charge in [0, 0.05) is 11.4 Å². The molecule has 0 unspecified atom stereocenters. The number of benzene rings is 1. The Hall–Kier alpha value is -1.39. The van der Waals surface area contributed by atoms with Gasteiger partial charge in [-0.3, -0.25) is 0 Å². The number of nitrogens with two attached hydrogens (primary N) is 1. The SMILES string of the molecule is C[C@@H](N)c1nc(Cc2ccc(Cl)cc2)no1. The van der Waals surface area contributed by atoms with Gasteiger partial charge in [0.05, 0.1) is 6.04 Å². The van der Waals surface area contributed by atoms with E-state index in [1.165, 1.54) is 0 Å². The predicted octanol–water partition coefficient (Wildman–Crippen LogP) is 2.33. The lowest BCUT2D eigenvalue weighted by Gasteiger charge is -1.96. The second-order valence-corrected chi connectivity index (χ2v) is 4.08. The van der Waals surface area contributed by atoms with Crippen LogP contribution in [0, 0.1) is 0 Å². The topological polar surface area (TPSA) is 64.9 Å². The fourth-order valence-electron chi connectivity index (χ4n) is 1.31. The van der Waals surface area contributed by atoms with Crippen molar-refractivity contribution in [1.82, 2.24) is 10.1 Å². The van der Waals surface area contributed by atoms with Crippen LogP contribution in [-0.2, 0) is 6.42 Å². The number of nitrogens with zero attached hydrogens (tertiary/aromatic N) is 2. The monoisotopic (exact) mass is 237 g/mol. The Bertz CT molecular complexity index is 464. The summed E-state index contributed by atoms with van der Waals surface area (Å²) < 4.78 is 5.01. The molecule has 0 aliphatic carbocycles. The van der Waals surface area contributed by atoms with Gasteiger partial charge in [-0.15, -0.1) is 0 Å². The number of halogens is 1. The second kappa shape index (κ2) is 4.63. The van der Waals surface area contributed by atoms with Gasteiger partial charge in [0.1, 0.15) is 0 Å². The molecule has 1 aromatic carbocycles. The van der Waals surface area contributed by atoms with E-state index < -0.39 is 0 Å². The molecule has 2 aromatic rings. The van der Waals surface area contributed by atoms with Crippen LogP contribution >= 0.6 is 11.6 Å². The minimum absolute atomic E-state index is 0.230. The third-order valence-electron chi connectivity index (χ3n) is 2.15. The Labute approximate surface area is 98.4 Å². The lowest BCUT2D eigenvalue weighted by Crippen LogP contribution is -2.05. The predicted molar refractivity (Wildman–Crippen MR) is 61.2 cm³/mol. The Morgan fingerprint density at radius 3 is 2.62 bits per heavy atom. The molecular formula is C11H12ClN3O. The maximum Gasteiger partial charge on any atom is 0.243 e. The Balaban J connectivity index is 2.11. The highest BCUT2D eigenvalue weighted by Crippen LogP contribution is 2.13. The maximum absolute atomic E-state index is 5.79. The summed E-state index contributed by atoms with van der Waals surface area (Å²) in [5.41, 5.74) is 6.71. The van der Waals surface area contributed by atoms with Crippen LogP contribution in [0.4, 0.5) is 0 Å². The highest BCUT2D eigenvalue weighted by Gasteiger charge is 2.10. The van der Waals surface area contributed by atoms with Crippen LogP contribution in [0.1, 0.15) is 30.2 Å². The van der Waals surface area contributed by atoms with Gasteiger partial charge in [0.15, 0.2) is 5.82 Å². The number of hydrogen-bond donors (Lipinski definition) is 1. The molecular weight excluding hydrogens is 226 g/mol. The van der Waals surface area contributed by atoms with Crippen LogP contribution in [0.25, 0.3) is 0 Å². The summed E-state index contributed by atoms with van der Waals surface area (Å²) in [5, 5.41) is 4.57. The standard InChI is InChI=1S/C11H12ClN3O/c1-7(13)11-14-10(15-16-11)6-8-2-4-9(12)5-3-8/h2-5,7H,6,13H2,1H3/t7-/m1/s1. The average molecular weight is 238 g/mol. The molecule has 1 aromatic heterocycles. The van der Waals surface area contributed by atoms with Gasteiger partial charge in [0.2, 0.25) is 5.89 Å². The molecule has 0 radical (unpaired) electrons. The molecule has 0 bridgehead atoms. The quantitative estimate of drug-likeness (QED) is 0.890. The van der Waals surface area contributed by atoms with Crippen molar-refractivity contribution < 1.29 is 4.52 Å². The van der Waals surface area contributed by atoms with Gasteiger partial charge in [-0.25, -0.2) is 0 Å². The van der Waals surface area contributed by atoms with Crippen LogP contribution in [0.5, 0.6) is 0 Å². The molecule has 0 spiro atoms. The summed E-state index contributed by atoms with van der Waals surface area (Å²) in [6.45, 7) is 1.81. The minimum atomic E-state index is -0.230. The number of hydrogen-bond acceptors (Lipinski definition) is 4. The van der Waals surface area contributed by atoms with Crippen LogP contribution in [-0.4, -0.2) is 10.1 Å². The first kappa shape index (κ1) is 11.1. The van der Waals surface area contributed by atoms with Crippen molar-refractivity contribution in [2.45, 2.75) is 19.4 Å². The van der Waals surface area contributed by atoms with Gasteiger partial charge in [-0.1, -0.05) is 28.9 Å². The summed E-state index contributed by atoms with van der Waals surface area (Å²) >= 11 is 5.79. The van der Waals surface area contributed by atoms with E-state index in [0.29, 0.717) is 23.2 Å². The van der Waals surface area contributed by atoms with E-state index in [1.807, 2.05) is 24.3 Å². The molecule has 2 N–H and O–H groups in total. The number of rotatable bonds is 3. The lowest BCUT2D eigenvalue weighted by molar-refractivity contribution is 0.358. The summed E-state index contributed by atoms with van der Waals surface area (Å²) in [6, 6.07) is 7.31. The molecule has 0 aliphatic rings. The normalized spacial score (nSPS) is 12.7. The molecule has 5 heteroatoms. The molecule has 0 fully saturated rings. The summed E-state index contributed by atoms with van der Waals surface area (Å²) in [5.74, 6) is 1.10. The van der Waals surface area contributed by atoms with E-state index in [1.54, 1.807) is 6.92 Å². The van der Waals surface area contributed by atoms with Gasteiger partial charge in [0.25, 0.3) is 0 Å². The maximum atomic E-state index is 5.79. The van der Waals surface area contributed by atoms with Crippen molar-refractivity contribution in [2.24, 2.45) is 5.73 Å². The molecule has 1 heterocycles. The zero-order valence-electron chi connectivity index (χ0n) is 8.85. The van der Waals surface area contributed by atoms with Crippen molar-refractivity contribution >= 4 is 11.6 Å². The lowest BCUT2D eigenvalue weighted by atomic mass is 10.1. The fraction of sp³-hybridized carbons (Fsp3) is 0.273. The molecule has 1 atom stereocenters. The van der Waals surface area contributed by atoms with Crippen molar-refractivity contribution in [3.63, 3.8) is 0 Å². The zero-order chi connectivity index (χ0) is 11.5. The van der Waals surface area contributed by atoms with Crippen molar-refractivity contribution in [2.75, 3.05) is 0 Å². The Kier molecular flexibility index (Phi) is 3.22. The van der Waals surface area contributed by atoms with Gasteiger partial charge < -0.3 is 10.3 Å². The summed E-state index contributed by atoms with van der Waals surface area (Å²) in [7, 11) is 0. The van der Waals surface area contributed by atoms with Crippen LogP contribution in [0.3, 0.4) is 0 Å². The van der Waals surface area contributed by atoms with Gasteiger partial charge >= 0.3 is 0 Å². The average Bonchev–Trinajstić information content (AvgIpc) is 2.70. The molecule has 84 valence electrons. The zero-order valence-corrected chi connectivity index (χ0v) is 9.61. The smallest absolute Gasteiger partial charge is 0.243 e. The third kappa shape index (κ3) is 2.59. The largest absolute Gasteiger partial charge is 0.338 e. The molecule has 2 rings (SSSR count). The van der Waals surface area contributed by atoms with Crippen molar-refractivity contribution in [3.05, 3.63) is 46.6 Å². The second-order valence-electron chi connectivity index (χ2n) is 3.64. The summed E-state index contributed by atoms with van der Waals surface area (Å²) in [6.07, 6.45) is 0.618. The molecule has 0 amide bonds. The van der Waals surface area contributed by atoms with Crippen LogP contribution < -0.4 is 5.73 Å².